The Morgan fingerprint density at radius 3 is 2.32 bits per heavy atom. The molecule has 25 heavy (non-hydrogen) atoms. The van der Waals surface area contributed by atoms with E-state index in [9.17, 15) is 4.79 Å². The lowest BCUT2D eigenvalue weighted by atomic mass is 9.90. The number of ether oxygens (including phenoxy) is 1. The molecule has 0 bridgehead atoms. The zero-order valence-electron chi connectivity index (χ0n) is 15.0. The lowest BCUT2D eigenvalue weighted by Crippen LogP contribution is -2.41. The van der Waals surface area contributed by atoms with Crippen LogP contribution in [-0.4, -0.2) is 30.5 Å². The molecule has 1 fully saturated rings. The van der Waals surface area contributed by atoms with Gasteiger partial charge in [-0.25, -0.2) is 0 Å². The van der Waals surface area contributed by atoms with Crippen LogP contribution >= 0.6 is 0 Å². The first-order valence-electron chi connectivity index (χ1n) is 9.28. The van der Waals surface area contributed by atoms with Crippen molar-refractivity contribution in [1.29, 1.82) is 0 Å². The number of likely N-dealkylation sites (tertiary alicyclic amines) is 1. The molecule has 0 saturated carbocycles. The van der Waals surface area contributed by atoms with E-state index in [0.29, 0.717) is 5.92 Å². The van der Waals surface area contributed by atoms with E-state index in [0.717, 1.165) is 44.5 Å². The lowest BCUT2D eigenvalue weighted by molar-refractivity contribution is -0.134. The number of aryl methyl sites for hydroxylation is 1. The van der Waals surface area contributed by atoms with Crippen molar-refractivity contribution >= 4 is 5.91 Å². The molecular weight excluding hydrogens is 310 g/mol. The largest absolute Gasteiger partial charge is 0.484 e. The predicted molar refractivity (Wildman–Crippen MR) is 101 cm³/mol. The quantitative estimate of drug-likeness (QED) is 0.794. The van der Waals surface area contributed by atoms with Crippen LogP contribution in [0.3, 0.4) is 0 Å². The van der Waals surface area contributed by atoms with Crippen molar-refractivity contribution in [3.63, 3.8) is 0 Å². The smallest absolute Gasteiger partial charge is 0.260 e. The van der Waals surface area contributed by atoms with Crippen LogP contribution in [-0.2, 0) is 17.6 Å². The Hall–Kier alpha value is -2.29. The van der Waals surface area contributed by atoms with Crippen LogP contribution in [0.15, 0.2) is 54.6 Å². The summed E-state index contributed by atoms with van der Waals surface area (Å²) in [5.41, 5.74) is 2.67. The van der Waals surface area contributed by atoms with Gasteiger partial charge in [0.1, 0.15) is 5.75 Å². The molecule has 0 radical (unpaired) electrons. The molecule has 1 amide bonds. The van der Waals surface area contributed by atoms with Crippen molar-refractivity contribution in [1.82, 2.24) is 4.90 Å². The molecular formula is C22H27NO2. The number of benzene rings is 2. The fourth-order valence-corrected chi connectivity index (χ4v) is 3.39. The van der Waals surface area contributed by atoms with Crippen LogP contribution in [0.4, 0.5) is 0 Å². The number of carbonyl (C=O) groups is 1. The maximum absolute atomic E-state index is 12.4. The van der Waals surface area contributed by atoms with Gasteiger partial charge in [-0.3, -0.25) is 4.79 Å². The third kappa shape index (κ3) is 5.09. The van der Waals surface area contributed by atoms with E-state index in [2.05, 4.69) is 49.4 Å². The topological polar surface area (TPSA) is 29.5 Å². The maximum Gasteiger partial charge on any atom is 0.260 e. The minimum atomic E-state index is 0.0951. The number of hydrogen-bond donors (Lipinski definition) is 0. The van der Waals surface area contributed by atoms with Gasteiger partial charge < -0.3 is 9.64 Å². The average Bonchev–Trinajstić information content (AvgIpc) is 2.68. The van der Waals surface area contributed by atoms with Crippen LogP contribution < -0.4 is 4.74 Å². The Morgan fingerprint density at radius 2 is 1.68 bits per heavy atom. The van der Waals surface area contributed by atoms with Crippen molar-refractivity contribution in [2.75, 3.05) is 19.7 Å². The highest BCUT2D eigenvalue weighted by molar-refractivity contribution is 5.77. The standard InChI is InChI=1S/C22H27NO2/c1-2-18-8-10-21(11-9-18)25-17-22(24)23-14-12-20(13-15-23)16-19-6-4-3-5-7-19/h3-11,20H,2,12-17H2,1H3. The molecule has 1 aliphatic rings. The zero-order valence-corrected chi connectivity index (χ0v) is 15.0. The molecule has 3 nitrogen and oxygen atoms in total. The van der Waals surface area contributed by atoms with Crippen LogP contribution in [0.5, 0.6) is 5.75 Å². The summed E-state index contributed by atoms with van der Waals surface area (Å²) in [5, 5.41) is 0. The number of carbonyl (C=O) groups excluding carboxylic acids is 1. The van der Waals surface area contributed by atoms with Gasteiger partial charge in [-0.2, -0.15) is 0 Å². The summed E-state index contributed by atoms with van der Waals surface area (Å²) in [6.45, 7) is 3.94. The molecule has 3 rings (SSSR count). The molecule has 1 aliphatic heterocycles. The Balaban J connectivity index is 1.41. The molecule has 0 atom stereocenters. The van der Waals surface area contributed by atoms with E-state index in [1.807, 2.05) is 17.0 Å². The molecule has 132 valence electrons. The average molecular weight is 337 g/mol. The van der Waals surface area contributed by atoms with Gasteiger partial charge in [0.05, 0.1) is 0 Å². The second kappa shape index (κ2) is 8.70. The van der Waals surface area contributed by atoms with Crippen molar-refractivity contribution < 1.29 is 9.53 Å². The van der Waals surface area contributed by atoms with Crippen molar-refractivity contribution in [2.24, 2.45) is 5.92 Å². The molecule has 2 aromatic carbocycles. The van der Waals surface area contributed by atoms with E-state index >= 15 is 0 Å². The van der Waals surface area contributed by atoms with Gasteiger partial charge in [-0.05, 0) is 54.9 Å². The molecule has 1 heterocycles. The van der Waals surface area contributed by atoms with E-state index < -0.39 is 0 Å². The van der Waals surface area contributed by atoms with Gasteiger partial charge >= 0.3 is 0 Å². The summed E-state index contributed by atoms with van der Waals surface area (Å²) in [7, 11) is 0. The van der Waals surface area contributed by atoms with Gasteiger partial charge in [0.25, 0.3) is 5.91 Å². The number of nitrogens with zero attached hydrogens (tertiary/aromatic N) is 1. The second-order valence-corrected chi connectivity index (χ2v) is 6.80. The molecule has 0 aliphatic carbocycles. The minimum Gasteiger partial charge on any atom is -0.484 e. The highest BCUT2D eigenvalue weighted by Gasteiger charge is 2.23. The minimum absolute atomic E-state index is 0.0951. The summed E-state index contributed by atoms with van der Waals surface area (Å²) in [5.74, 6) is 1.54. The van der Waals surface area contributed by atoms with Crippen LogP contribution in [0.2, 0.25) is 0 Å². The first-order chi connectivity index (χ1) is 12.2. The summed E-state index contributed by atoms with van der Waals surface area (Å²) < 4.78 is 5.65. The van der Waals surface area contributed by atoms with Crippen LogP contribution in [0.1, 0.15) is 30.9 Å². The van der Waals surface area contributed by atoms with E-state index in [4.69, 9.17) is 4.74 Å². The molecule has 0 aromatic heterocycles. The van der Waals surface area contributed by atoms with E-state index in [1.165, 1.54) is 11.1 Å². The summed E-state index contributed by atoms with van der Waals surface area (Å²) in [4.78, 5) is 14.3. The first kappa shape index (κ1) is 17.5. The Bertz CT molecular complexity index is 658. The Morgan fingerprint density at radius 1 is 1.00 bits per heavy atom. The van der Waals surface area contributed by atoms with Crippen molar-refractivity contribution in [2.45, 2.75) is 32.6 Å². The van der Waals surface area contributed by atoms with Crippen molar-refractivity contribution in [3.8, 4) is 5.75 Å². The number of hydrogen-bond acceptors (Lipinski definition) is 2. The molecule has 3 heteroatoms. The molecule has 1 saturated heterocycles. The van der Waals surface area contributed by atoms with Crippen LogP contribution in [0, 0.1) is 5.92 Å². The molecule has 0 N–H and O–H groups in total. The van der Waals surface area contributed by atoms with E-state index in [1.54, 1.807) is 0 Å². The van der Waals surface area contributed by atoms with Gasteiger partial charge in [-0.15, -0.1) is 0 Å². The Labute approximate surface area is 150 Å². The van der Waals surface area contributed by atoms with Gasteiger partial charge in [0, 0.05) is 13.1 Å². The Kier molecular flexibility index (Phi) is 6.10. The first-order valence-corrected chi connectivity index (χ1v) is 9.28. The highest BCUT2D eigenvalue weighted by Crippen LogP contribution is 2.22. The third-order valence-electron chi connectivity index (χ3n) is 5.03. The van der Waals surface area contributed by atoms with Gasteiger partial charge in [0.2, 0.25) is 0 Å². The number of rotatable bonds is 6. The normalized spacial score (nSPS) is 15.2. The van der Waals surface area contributed by atoms with E-state index in [-0.39, 0.29) is 12.5 Å². The maximum atomic E-state index is 12.4. The SMILES string of the molecule is CCc1ccc(OCC(=O)N2CCC(Cc3ccccc3)CC2)cc1. The molecule has 0 unspecified atom stereocenters. The monoisotopic (exact) mass is 337 g/mol. The second-order valence-electron chi connectivity index (χ2n) is 6.80. The van der Waals surface area contributed by atoms with Crippen molar-refractivity contribution in [3.05, 3.63) is 65.7 Å². The fourth-order valence-electron chi connectivity index (χ4n) is 3.39. The third-order valence-corrected chi connectivity index (χ3v) is 5.03. The summed E-state index contributed by atoms with van der Waals surface area (Å²) in [6.07, 6.45) is 4.28. The number of amides is 1. The summed E-state index contributed by atoms with van der Waals surface area (Å²) >= 11 is 0. The van der Waals surface area contributed by atoms with Gasteiger partial charge in [0.15, 0.2) is 6.61 Å². The predicted octanol–water partition coefficient (Wildman–Crippen LogP) is 4.11. The zero-order chi connectivity index (χ0) is 17.5. The summed E-state index contributed by atoms with van der Waals surface area (Å²) in [6, 6.07) is 18.6. The fraction of sp³-hybridized carbons (Fsp3) is 0.409. The van der Waals surface area contributed by atoms with Gasteiger partial charge in [-0.1, -0.05) is 49.4 Å². The molecule has 0 spiro atoms. The highest BCUT2D eigenvalue weighted by atomic mass is 16.5. The molecule has 2 aromatic rings. The lowest BCUT2D eigenvalue weighted by Gasteiger charge is -2.32. The van der Waals surface area contributed by atoms with Crippen LogP contribution in [0.25, 0.3) is 0 Å². The number of piperidine rings is 1.